The molecule has 1 atom stereocenters. The van der Waals surface area contributed by atoms with Gasteiger partial charge < -0.3 is 9.47 Å². The topological polar surface area (TPSA) is 66.2 Å². The van der Waals surface area contributed by atoms with Crippen LogP contribution in [0.2, 0.25) is 10.0 Å². The lowest BCUT2D eigenvalue weighted by atomic mass is 10.2. The lowest BCUT2D eigenvalue weighted by molar-refractivity contribution is -0.142. The van der Waals surface area contributed by atoms with Crippen molar-refractivity contribution in [3.05, 3.63) is 52.5 Å². The summed E-state index contributed by atoms with van der Waals surface area (Å²) in [5.41, 5.74) is 1.58. The van der Waals surface area contributed by atoms with E-state index in [4.69, 9.17) is 32.7 Å². The molecular formula is C22H23Cl2N3O3S. The molecule has 3 aromatic rings. The van der Waals surface area contributed by atoms with Crippen molar-refractivity contribution in [3.63, 3.8) is 0 Å². The molecule has 0 amide bonds. The molecule has 0 unspecified atom stereocenters. The Balaban J connectivity index is 2.09. The summed E-state index contributed by atoms with van der Waals surface area (Å²) in [6.45, 7) is 4.15. The summed E-state index contributed by atoms with van der Waals surface area (Å²) in [5.74, 6) is 1.09. The van der Waals surface area contributed by atoms with Crippen LogP contribution in [0.3, 0.4) is 0 Å². The van der Waals surface area contributed by atoms with Gasteiger partial charge in [-0.15, -0.1) is 10.2 Å². The number of ether oxygens (including phenoxy) is 2. The zero-order valence-corrected chi connectivity index (χ0v) is 19.8. The summed E-state index contributed by atoms with van der Waals surface area (Å²) >= 11 is 13.7. The van der Waals surface area contributed by atoms with Gasteiger partial charge in [0.1, 0.15) is 11.0 Å². The number of aromatic nitrogens is 3. The second-order valence-corrected chi connectivity index (χ2v) is 8.60. The van der Waals surface area contributed by atoms with E-state index in [1.807, 2.05) is 41.8 Å². The van der Waals surface area contributed by atoms with Crippen LogP contribution in [-0.4, -0.2) is 39.7 Å². The van der Waals surface area contributed by atoms with E-state index in [9.17, 15) is 4.79 Å². The van der Waals surface area contributed by atoms with E-state index in [1.54, 1.807) is 26.2 Å². The lowest BCUT2D eigenvalue weighted by Gasteiger charge is -2.16. The van der Waals surface area contributed by atoms with Gasteiger partial charge in [-0.1, -0.05) is 48.3 Å². The summed E-state index contributed by atoms with van der Waals surface area (Å²) in [4.78, 5) is 12.5. The van der Waals surface area contributed by atoms with Gasteiger partial charge in [-0.05, 0) is 55.8 Å². The number of nitrogens with zero attached hydrogens (tertiary/aromatic N) is 3. The Bertz CT molecular complexity index is 1040. The highest BCUT2D eigenvalue weighted by Gasteiger charge is 2.25. The average molecular weight is 480 g/mol. The molecule has 1 aromatic heterocycles. The Morgan fingerprint density at radius 3 is 2.45 bits per heavy atom. The van der Waals surface area contributed by atoms with E-state index in [0.717, 1.165) is 23.4 Å². The normalized spacial score (nSPS) is 11.9. The smallest absolute Gasteiger partial charge is 0.319 e. The average Bonchev–Trinajstić information content (AvgIpc) is 3.19. The van der Waals surface area contributed by atoms with Crippen LogP contribution in [-0.2, 0) is 9.53 Å². The van der Waals surface area contributed by atoms with Gasteiger partial charge in [0.25, 0.3) is 0 Å². The molecule has 0 aliphatic carbocycles. The van der Waals surface area contributed by atoms with Crippen molar-refractivity contribution in [2.45, 2.75) is 37.1 Å². The van der Waals surface area contributed by atoms with Crippen LogP contribution in [0, 0.1) is 0 Å². The minimum Gasteiger partial charge on any atom is -0.497 e. The second kappa shape index (κ2) is 10.9. The number of esters is 1. The molecule has 0 radical (unpaired) electrons. The first-order chi connectivity index (χ1) is 15.0. The number of methoxy groups -OCH3 is 1. The zero-order chi connectivity index (χ0) is 22.4. The molecule has 164 valence electrons. The van der Waals surface area contributed by atoms with Crippen LogP contribution in [0.4, 0.5) is 0 Å². The van der Waals surface area contributed by atoms with E-state index < -0.39 is 0 Å². The SMILES string of the molecule is CCC[C@@H](Sc1nnc(-c2ccc(OC)cc2)n1-c1ccc(Cl)c(Cl)c1)C(=O)OCC. The fourth-order valence-corrected chi connectivity index (χ4v) is 4.43. The van der Waals surface area contributed by atoms with Gasteiger partial charge in [0.05, 0.1) is 29.4 Å². The molecule has 0 aliphatic rings. The monoisotopic (exact) mass is 479 g/mol. The van der Waals surface area contributed by atoms with Crippen LogP contribution in [0.15, 0.2) is 47.6 Å². The van der Waals surface area contributed by atoms with E-state index in [-0.39, 0.29) is 11.2 Å². The molecule has 0 N–H and O–H groups in total. The molecule has 0 fully saturated rings. The maximum atomic E-state index is 12.5. The van der Waals surface area contributed by atoms with Crippen molar-refractivity contribution in [1.29, 1.82) is 0 Å². The predicted molar refractivity (Wildman–Crippen MR) is 125 cm³/mol. The molecule has 0 spiro atoms. The van der Waals surface area contributed by atoms with Gasteiger partial charge in [0, 0.05) is 5.56 Å². The molecule has 3 rings (SSSR count). The Kier molecular flexibility index (Phi) is 8.23. The predicted octanol–water partition coefficient (Wildman–Crippen LogP) is 6.07. The van der Waals surface area contributed by atoms with Gasteiger partial charge in [-0.2, -0.15) is 0 Å². The summed E-state index contributed by atoms with van der Waals surface area (Å²) < 4.78 is 12.4. The van der Waals surface area contributed by atoms with E-state index in [0.29, 0.717) is 34.1 Å². The van der Waals surface area contributed by atoms with Crippen LogP contribution in [0.25, 0.3) is 17.1 Å². The van der Waals surface area contributed by atoms with Crippen molar-refractivity contribution >= 4 is 40.9 Å². The number of hydrogen-bond acceptors (Lipinski definition) is 6. The summed E-state index contributed by atoms with van der Waals surface area (Å²) in [7, 11) is 1.62. The zero-order valence-electron chi connectivity index (χ0n) is 17.5. The molecular weight excluding hydrogens is 457 g/mol. The number of hydrogen-bond donors (Lipinski definition) is 0. The summed E-state index contributed by atoms with van der Waals surface area (Å²) in [6.07, 6.45) is 1.50. The fraction of sp³-hybridized carbons (Fsp3) is 0.318. The molecule has 9 heteroatoms. The molecule has 0 saturated heterocycles. The Morgan fingerprint density at radius 2 is 1.84 bits per heavy atom. The van der Waals surface area contributed by atoms with Crippen molar-refractivity contribution < 1.29 is 14.3 Å². The Morgan fingerprint density at radius 1 is 1.10 bits per heavy atom. The first-order valence-corrected chi connectivity index (χ1v) is 11.5. The molecule has 0 bridgehead atoms. The third-order valence-electron chi connectivity index (χ3n) is 4.49. The van der Waals surface area contributed by atoms with E-state index in [1.165, 1.54) is 11.8 Å². The van der Waals surface area contributed by atoms with Crippen molar-refractivity contribution in [2.24, 2.45) is 0 Å². The minimum absolute atomic E-state index is 0.260. The van der Waals surface area contributed by atoms with Crippen molar-refractivity contribution in [2.75, 3.05) is 13.7 Å². The number of rotatable bonds is 9. The molecule has 6 nitrogen and oxygen atoms in total. The van der Waals surface area contributed by atoms with E-state index in [2.05, 4.69) is 10.2 Å². The van der Waals surface area contributed by atoms with Gasteiger partial charge in [-0.25, -0.2) is 0 Å². The lowest BCUT2D eigenvalue weighted by Crippen LogP contribution is -2.20. The third-order valence-corrected chi connectivity index (χ3v) is 6.42. The Hall–Kier alpha value is -2.22. The van der Waals surface area contributed by atoms with Gasteiger partial charge in [0.15, 0.2) is 11.0 Å². The highest BCUT2D eigenvalue weighted by Crippen LogP contribution is 2.34. The molecule has 31 heavy (non-hydrogen) atoms. The number of benzene rings is 2. The number of carbonyl (C=O) groups is 1. The van der Waals surface area contributed by atoms with Crippen molar-refractivity contribution in [3.8, 4) is 22.8 Å². The molecule has 0 aliphatic heterocycles. The van der Waals surface area contributed by atoms with Gasteiger partial charge in [-0.3, -0.25) is 9.36 Å². The largest absolute Gasteiger partial charge is 0.497 e. The quantitative estimate of drug-likeness (QED) is 0.274. The number of thioether (sulfide) groups is 1. The summed E-state index contributed by atoms with van der Waals surface area (Å²) in [6, 6.07) is 12.8. The molecule has 0 saturated carbocycles. The number of halogens is 2. The van der Waals surface area contributed by atoms with E-state index >= 15 is 0 Å². The van der Waals surface area contributed by atoms with Crippen molar-refractivity contribution in [1.82, 2.24) is 14.8 Å². The minimum atomic E-state index is -0.389. The first-order valence-electron chi connectivity index (χ1n) is 9.87. The maximum Gasteiger partial charge on any atom is 0.319 e. The number of carbonyl (C=O) groups excluding carboxylic acids is 1. The summed E-state index contributed by atoms with van der Waals surface area (Å²) in [5, 5.41) is 9.85. The maximum absolute atomic E-state index is 12.5. The van der Waals surface area contributed by atoms with Crippen LogP contribution in [0.5, 0.6) is 5.75 Å². The molecule has 2 aromatic carbocycles. The molecule has 1 heterocycles. The van der Waals surface area contributed by atoms with Crippen LogP contribution >= 0.6 is 35.0 Å². The fourth-order valence-electron chi connectivity index (χ4n) is 2.98. The van der Waals surface area contributed by atoms with Gasteiger partial charge >= 0.3 is 5.97 Å². The second-order valence-electron chi connectivity index (χ2n) is 6.62. The van der Waals surface area contributed by atoms with Gasteiger partial charge in [0.2, 0.25) is 0 Å². The van der Waals surface area contributed by atoms with Crippen LogP contribution in [0.1, 0.15) is 26.7 Å². The standard InChI is InChI=1S/C22H23Cl2N3O3S/c1-4-6-19(21(28)30-5-2)31-22-26-25-20(14-7-10-16(29-3)11-8-14)27(22)15-9-12-17(23)18(24)13-15/h7-13,19H,4-6H2,1-3H3/t19-/m1/s1. The highest BCUT2D eigenvalue weighted by molar-refractivity contribution is 8.00. The Labute approximate surface area is 195 Å². The third kappa shape index (κ3) is 5.53. The first kappa shape index (κ1) is 23.4. The highest BCUT2D eigenvalue weighted by atomic mass is 35.5. The van der Waals surface area contributed by atoms with Crippen LogP contribution < -0.4 is 4.74 Å².